The van der Waals surface area contributed by atoms with Gasteiger partial charge in [0.1, 0.15) is 6.61 Å². The molecule has 2 aromatic carbocycles. The molecule has 0 amide bonds. The smallest absolute Gasteiger partial charge is 0.229 e. The Morgan fingerprint density at radius 1 is 1.07 bits per heavy atom. The van der Waals surface area contributed by atoms with Gasteiger partial charge >= 0.3 is 0 Å². The minimum atomic E-state index is -0.407. The summed E-state index contributed by atoms with van der Waals surface area (Å²) in [5.74, 6) is 0.951. The third kappa shape index (κ3) is 3.91. The third-order valence-corrected chi connectivity index (χ3v) is 4.84. The highest BCUT2D eigenvalue weighted by molar-refractivity contribution is 5.41. The molecule has 0 aliphatic carbocycles. The van der Waals surface area contributed by atoms with E-state index in [-0.39, 0.29) is 12.4 Å². The topological polar surface area (TPSA) is 47.5 Å². The molecule has 1 aliphatic rings. The zero-order valence-corrected chi connectivity index (χ0v) is 16.0. The minimum absolute atomic E-state index is 0.217. The van der Waals surface area contributed by atoms with Crippen LogP contribution >= 0.6 is 0 Å². The van der Waals surface area contributed by atoms with Crippen LogP contribution in [0.15, 0.2) is 48.5 Å². The van der Waals surface area contributed by atoms with E-state index in [1.165, 1.54) is 24.3 Å². The summed E-state index contributed by atoms with van der Waals surface area (Å²) in [7, 11) is 1.44. The van der Waals surface area contributed by atoms with Crippen LogP contribution in [0, 0.1) is 12.7 Å². The van der Waals surface area contributed by atoms with Gasteiger partial charge in [0.25, 0.3) is 0 Å². The van der Waals surface area contributed by atoms with Gasteiger partial charge in [0.2, 0.25) is 11.8 Å². The van der Waals surface area contributed by atoms with E-state index < -0.39 is 5.82 Å². The molecule has 28 heavy (non-hydrogen) atoms. The average molecular weight is 379 g/mol. The Hall–Kier alpha value is -3.15. The Morgan fingerprint density at radius 2 is 1.89 bits per heavy atom. The van der Waals surface area contributed by atoms with Crippen LogP contribution in [0.3, 0.4) is 0 Å². The lowest BCUT2D eigenvalue weighted by Crippen LogP contribution is -2.31. The van der Waals surface area contributed by atoms with Crippen molar-refractivity contribution in [2.24, 2.45) is 0 Å². The monoisotopic (exact) mass is 379 g/mol. The van der Waals surface area contributed by atoms with Gasteiger partial charge in [-0.25, -0.2) is 9.37 Å². The lowest BCUT2D eigenvalue weighted by atomic mass is 10.0. The van der Waals surface area contributed by atoms with Crippen molar-refractivity contribution in [1.82, 2.24) is 9.97 Å². The highest BCUT2D eigenvalue weighted by Gasteiger charge is 2.19. The van der Waals surface area contributed by atoms with Gasteiger partial charge in [0.15, 0.2) is 11.6 Å². The minimum Gasteiger partial charge on any atom is -0.494 e. The first kappa shape index (κ1) is 18.2. The predicted molar refractivity (Wildman–Crippen MR) is 105 cm³/mol. The standard InChI is InChI=1S/C22H22FN3O2/c1-15-11-21(28-14-16-7-8-20(27-2)19(23)12-16)25-22(24-15)26-10-9-17-5-3-4-6-18(17)13-26/h3-8,11-12H,9-10,13-14H2,1-2H3. The van der Waals surface area contributed by atoms with Gasteiger partial charge in [-0.1, -0.05) is 30.3 Å². The second-order valence-electron chi connectivity index (χ2n) is 6.85. The molecule has 0 bridgehead atoms. The number of aryl methyl sites for hydroxylation is 1. The van der Waals surface area contributed by atoms with E-state index in [9.17, 15) is 4.39 Å². The molecule has 0 spiro atoms. The van der Waals surface area contributed by atoms with Crippen LogP contribution in [0.1, 0.15) is 22.4 Å². The van der Waals surface area contributed by atoms with Crippen LogP contribution in [0.4, 0.5) is 10.3 Å². The zero-order chi connectivity index (χ0) is 19.5. The first-order valence-corrected chi connectivity index (χ1v) is 9.25. The summed E-state index contributed by atoms with van der Waals surface area (Å²) in [6.07, 6.45) is 0.967. The van der Waals surface area contributed by atoms with Gasteiger partial charge in [0, 0.05) is 24.8 Å². The fourth-order valence-corrected chi connectivity index (χ4v) is 3.36. The Morgan fingerprint density at radius 3 is 2.68 bits per heavy atom. The highest BCUT2D eigenvalue weighted by atomic mass is 19.1. The molecule has 0 atom stereocenters. The SMILES string of the molecule is COc1ccc(COc2cc(C)nc(N3CCc4ccccc4C3)n2)cc1F. The Labute approximate surface area is 163 Å². The van der Waals surface area contributed by atoms with Gasteiger partial charge < -0.3 is 14.4 Å². The van der Waals surface area contributed by atoms with E-state index in [4.69, 9.17) is 9.47 Å². The van der Waals surface area contributed by atoms with Crippen molar-refractivity contribution in [3.05, 3.63) is 76.7 Å². The Bertz CT molecular complexity index is 993. The molecule has 144 valence electrons. The number of rotatable bonds is 5. The van der Waals surface area contributed by atoms with Crippen LogP contribution in [0.2, 0.25) is 0 Å². The van der Waals surface area contributed by atoms with Crippen molar-refractivity contribution < 1.29 is 13.9 Å². The highest BCUT2D eigenvalue weighted by Crippen LogP contribution is 2.24. The van der Waals surface area contributed by atoms with Crippen molar-refractivity contribution >= 4 is 5.95 Å². The average Bonchev–Trinajstić information content (AvgIpc) is 2.71. The van der Waals surface area contributed by atoms with Gasteiger partial charge in [-0.2, -0.15) is 4.98 Å². The number of benzene rings is 2. The molecule has 0 fully saturated rings. The van der Waals surface area contributed by atoms with Gasteiger partial charge in [-0.05, 0) is 42.2 Å². The number of anilines is 1. The van der Waals surface area contributed by atoms with Crippen molar-refractivity contribution in [2.75, 3.05) is 18.6 Å². The number of methoxy groups -OCH3 is 1. The van der Waals surface area contributed by atoms with Crippen molar-refractivity contribution in [2.45, 2.75) is 26.5 Å². The zero-order valence-electron chi connectivity index (χ0n) is 16.0. The molecule has 0 radical (unpaired) electrons. The van der Waals surface area contributed by atoms with Crippen molar-refractivity contribution in [3.63, 3.8) is 0 Å². The van der Waals surface area contributed by atoms with Crippen LogP contribution in [-0.2, 0) is 19.6 Å². The largest absolute Gasteiger partial charge is 0.494 e. The van der Waals surface area contributed by atoms with E-state index >= 15 is 0 Å². The summed E-state index contributed by atoms with van der Waals surface area (Å²) in [5.41, 5.74) is 4.22. The van der Waals surface area contributed by atoms with Gasteiger partial charge in [0.05, 0.1) is 7.11 Å². The van der Waals surface area contributed by atoms with E-state index in [0.29, 0.717) is 17.4 Å². The normalized spacial score (nSPS) is 13.2. The maximum absolute atomic E-state index is 13.9. The number of nitrogens with zero attached hydrogens (tertiary/aromatic N) is 3. The lowest BCUT2D eigenvalue weighted by molar-refractivity contribution is 0.291. The summed E-state index contributed by atoms with van der Waals surface area (Å²) < 4.78 is 24.6. The molecular formula is C22H22FN3O2. The second kappa shape index (κ2) is 7.84. The van der Waals surface area contributed by atoms with Crippen LogP contribution in [-0.4, -0.2) is 23.6 Å². The van der Waals surface area contributed by atoms with Crippen LogP contribution in [0.25, 0.3) is 0 Å². The number of hydrogen-bond acceptors (Lipinski definition) is 5. The van der Waals surface area contributed by atoms with Crippen molar-refractivity contribution in [1.29, 1.82) is 0 Å². The molecule has 0 N–H and O–H groups in total. The molecule has 4 rings (SSSR count). The van der Waals surface area contributed by atoms with Gasteiger partial charge in [-0.3, -0.25) is 0 Å². The maximum Gasteiger partial charge on any atom is 0.229 e. The molecular weight excluding hydrogens is 357 g/mol. The quantitative estimate of drug-likeness (QED) is 0.669. The summed E-state index contributed by atoms with van der Waals surface area (Å²) in [5, 5.41) is 0. The molecule has 0 saturated heterocycles. The molecule has 5 nitrogen and oxygen atoms in total. The predicted octanol–water partition coefficient (Wildman–Crippen LogP) is 4.07. The number of halogens is 1. The number of hydrogen-bond donors (Lipinski definition) is 0. The first-order chi connectivity index (χ1) is 13.6. The van der Waals surface area contributed by atoms with E-state index in [1.54, 1.807) is 18.2 Å². The molecule has 2 heterocycles. The van der Waals surface area contributed by atoms with Crippen LogP contribution < -0.4 is 14.4 Å². The maximum atomic E-state index is 13.9. The number of ether oxygens (including phenoxy) is 2. The molecule has 0 unspecified atom stereocenters. The number of aromatic nitrogens is 2. The van der Waals surface area contributed by atoms with E-state index in [1.807, 2.05) is 6.92 Å². The molecule has 6 heteroatoms. The van der Waals surface area contributed by atoms with E-state index in [0.717, 1.165) is 25.2 Å². The Kier molecular flexibility index (Phi) is 5.10. The van der Waals surface area contributed by atoms with Gasteiger partial charge in [-0.15, -0.1) is 0 Å². The summed E-state index contributed by atoms with van der Waals surface area (Å²) in [6, 6.07) is 15.0. The number of fused-ring (bicyclic) bond motifs is 1. The fraction of sp³-hybridized carbons (Fsp3) is 0.273. The summed E-state index contributed by atoms with van der Waals surface area (Å²) >= 11 is 0. The second-order valence-corrected chi connectivity index (χ2v) is 6.85. The molecule has 0 saturated carbocycles. The molecule has 3 aromatic rings. The molecule has 1 aliphatic heterocycles. The summed E-state index contributed by atoms with van der Waals surface area (Å²) in [6.45, 7) is 3.79. The molecule has 1 aromatic heterocycles. The third-order valence-electron chi connectivity index (χ3n) is 4.84. The first-order valence-electron chi connectivity index (χ1n) is 9.25. The summed E-state index contributed by atoms with van der Waals surface area (Å²) in [4.78, 5) is 11.3. The Balaban J connectivity index is 1.49. The van der Waals surface area contributed by atoms with E-state index in [2.05, 4.69) is 39.1 Å². The fourth-order valence-electron chi connectivity index (χ4n) is 3.36. The lowest BCUT2D eigenvalue weighted by Gasteiger charge is -2.29. The van der Waals surface area contributed by atoms with Crippen molar-refractivity contribution in [3.8, 4) is 11.6 Å². The van der Waals surface area contributed by atoms with Crippen LogP contribution in [0.5, 0.6) is 11.6 Å².